The van der Waals surface area contributed by atoms with Crippen LogP contribution in [0.5, 0.6) is 0 Å². The summed E-state index contributed by atoms with van der Waals surface area (Å²) in [5.41, 5.74) is 5.66. The summed E-state index contributed by atoms with van der Waals surface area (Å²) >= 11 is 2.32. The Bertz CT molecular complexity index is 1430. The fourth-order valence-corrected chi connectivity index (χ4v) is 5.23. The van der Waals surface area contributed by atoms with Crippen molar-refractivity contribution in [2.75, 3.05) is 0 Å². The molecule has 1 aromatic heterocycles. The van der Waals surface area contributed by atoms with Gasteiger partial charge in [-0.3, -0.25) is 4.98 Å². The van der Waals surface area contributed by atoms with E-state index >= 15 is 0 Å². The van der Waals surface area contributed by atoms with Gasteiger partial charge in [-0.25, -0.2) is 0 Å². The first-order valence-electron chi connectivity index (χ1n) is 12.7. The fraction of sp³-hybridized carbons (Fsp3) is 0.242. The minimum Gasteiger partial charge on any atom is -0.305 e. The number of halogens is 1. The maximum absolute atomic E-state index is 10.1. The molecule has 0 bridgehead atoms. The molecule has 1 unspecified atom stereocenters. The minimum atomic E-state index is -0.644. The molecule has 3 atom stereocenters. The largest absolute Gasteiger partial charge is 0.305 e. The van der Waals surface area contributed by atoms with Crippen LogP contribution in [0.1, 0.15) is 55.0 Å². The summed E-state index contributed by atoms with van der Waals surface area (Å²) in [6.07, 6.45) is 4.41. The van der Waals surface area contributed by atoms with Gasteiger partial charge in [0, 0.05) is 27.9 Å². The standard InChI is InChI=1S/C33H31IN4/c1-23(31(20-24-7-13-30(34)14-8-24)29-6-4-5-25(19-29)21-35)38-32(33(2,3)22-36)28-11-9-26(10-12-28)27-15-17-37-18-16-27/h4-19,23,31-32,38H,20H2,1-3H3/t23-,31+,32?/m0/s1. The Hall–Kier alpha value is -3.52. The van der Waals surface area contributed by atoms with Crippen molar-refractivity contribution < 1.29 is 0 Å². The average molecular weight is 611 g/mol. The maximum Gasteiger partial charge on any atom is 0.0991 e. The number of nitrogens with zero attached hydrogens (tertiary/aromatic N) is 3. The van der Waals surface area contributed by atoms with Gasteiger partial charge in [0.1, 0.15) is 0 Å². The van der Waals surface area contributed by atoms with E-state index in [1.807, 2.05) is 44.2 Å². The SMILES string of the molecule is C[C@H](NC(c1ccc(-c2ccncc2)cc1)C(C)(C)C#N)[C@@H](Cc1ccc(I)cc1)c1cccc(C#N)c1. The van der Waals surface area contributed by atoms with Crippen LogP contribution in [-0.2, 0) is 6.42 Å². The number of nitriles is 2. The molecule has 190 valence electrons. The first-order valence-corrected chi connectivity index (χ1v) is 13.8. The van der Waals surface area contributed by atoms with Gasteiger partial charge in [-0.1, -0.05) is 48.5 Å². The van der Waals surface area contributed by atoms with Crippen molar-refractivity contribution in [2.24, 2.45) is 5.41 Å². The molecule has 0 spiro atoms. The van der Waals surface area contributed by atoms with E-state index in [1.54, 1.807) is 12.4 Å². The highest BCUT2D eigenvalue weighted by atomic mass is 127. The Morgan fingerprint density at radius 3 is 2.16 bits per heavy atom. The van der Waals surface area contributed by atoms with Crippen molar-refractivity contribution in [3.63, 3.8) is 0 Å². The second kappa shape index (κ2) is 12.3. The fourth-order valence-electron chi connectivity index (χ4n) is 4.87. The van der Waals surface area contributed by atoms with E-state index in [9.17, 15) is 10.5 Å². The lowest BCUT2D eigenvalue weighted by molar-refractivity contribution is 0.281. The van der Waals surface area contributed by atoms with Crippen LogP contribution in [0.3, 0.4) is 0 Å². The smallest absolute Gasteiger partial charge is 0.0991 e. The van der Waals surface area contributed by atoms with Crippen LogP contribution in [0.4, 0.5) is 0 Å². The zero-order valence-electron chi connectivity index (χ0n) is 21.9. The third-order valence-electron chi connectivity index (χ3n) is 7.11. The number of hydrogen-bond donors (Lipinski definition) is 1. The van der Waals surface area contributed by atoms with Gasteiger partial charge in [-0.05, 0) is 114 Å². The summed E-state index contributed by atoms with van der Waals surface area (Å²) in [6, 6.07) is 33.6. The molecule has 4 aromatic rings. The molecule has 3 aromatic carbocycles. The molecular weight excluding hydrogens is 579 g/mol. The predicted molar refractivity (Wildman–Crippen MR) is 161 cm³/mol. The number of benzene rings is 3. The molecule has 1 N–H and O–H groups in total. The van der Waals surface area contributed by atoms with Crippen molar-refractivity contribution in [1.82, 2.24) is 10.3 Å². The Balaban J connectivity index is 1.67. The molecule has 38 heavy (non-hydrogen) atoms. The Kier molecular flexibility index (Phi) is 8.94. The summed E-state index contributed by atoms with van der Waals surface area (Å²) in [5.74, 6) is 0.108. The minimum absolute atomic E-state index is 0.0284. The summed E-state index contributed by atoms with van der Waals surface area (Å²) in [5, 5.41) is 23.5. The van der Waals surface area contributed by atoms with E-state index in [2.05, 4.69) is 107 Å². The molecule has 0 fully saturated rings. The summed E-state index contributed by atoms with van der Waals surface area (Å²) in [7, 11) is 0. The molecule has 0 saturated heterocycles. The third kappa shape index (κ3) is 6.67. The molecule has 0 amide bonds. The van der Waals surface area contributed by atoms with Gasteiger partial charge in [-0.15, -0.1) is 0 Å². The molecule has 1 heterocycles. The van der Waals surface area contributed by atoms with E-state index in [4.69, 9.17) is 0 Å². The summed E-state index contributed by atoms with van der Waals surface area (Å²) < 4.78 is 1.20. The zero-order valence-corrected chi connectivity index (χ0v) is 24.1. The maximum atomic E-state index is 10.1. The lowest BCUT2D eigenvalue weighted by Gasteiger charge is -2.36. The predicted octanol–water partition coefficient (Wildman–Crippen LogP) is 7.82. The highest BCUT2D eigenvalue weighted by molar-refractivity contribution is 14.1. The molecule has 0 radical (unpaired) electrons. The molecule has 0 aliphatic carbocycles. The highest BCUT2D eigenvalue weighted by Crippen LogP contribution is 2.36. The van der Waals surface area contributed by atoms with Crippen molar-refractivity contribution in [3.8, 4) is 23.3 Å². The highest BCUT2D eigenvalue weighted by Gasteiger charge is 2.34. The normalized spacial score (nSPS) is 13.6. The van der Waals surface area contributed by atoms with E-state index in [0.29, 0.717) is 5.56 Å². The molecule has 5 heteroatoms. The Morgan fingerprint density at radius 1 is 0.868 bits per heavy atom. The van der Waals surface area contributed by atoms with Gasteiger partial charge >= 0.3 is 0 Å². The molecule has 4 rings (SSSR count). The summed E-state index contributed by atoms with van der Waals surface area (Å²) in [4.78, 5) is 4.11. The van der Waals surface area contributed by atoms with E-state index < -0.39 is 5.41 Å². The van der Waals surface area contributed by atoms with Crippen LogP contribution in [0, 0.1) is 31.6 Å². The van der Waals surface area contributed by atoms with Crippen LogP contribution in [-0.4, -0.2) is 11.0 Å². The monoisotopic (exact) mass is 610 g/mol. The Morgan fingerprint density at radius 2 is 1.53 bits per heavy atom. The second-order valence-corrected chi connectivity index (χ2v) is 11.5. The number of rotatable bonds is 9. The lowest BCUT2D eigenvalue weighted by atomic mass is 9.79. The van der Waals surface area contributed by atoms with Gasteiger partial charge < -0.3 is 5.32 Å². The first kappa shape index (κ1) is 27.5. The summed E-state index contributed by atoms with van der Waals surface area (Å²) in [6.45, 7) is 6.15. The first-order chi connectivity index (χ1) is 18.3. The van der Waals surface area contributed by atoms with Crippen molar-refractivity contribution in [2.45, 2.75) is 45.2 Å². The van der Waals surface area contributed by atoms with Gasteiger partial charge in [0.25, 0.3) is 0 Å². The van der Waals surface area contributed by atoms with E-state index in [1.165, 1.54) is 9.13 Å². The van der Waals surface area contributed by atoms with Gasteiger partial charge in [0.15, 0.2) is 0 Å². The zero-order chi connectivity index (χ0) is 27.1. The number of nitrogens with one attached hydrogen (secondary N) is 1. The third-order valence-corrected chi connectivity index (χ3v) is 7.83. The van der Waals surface area contributed by atoms with Crippen molar-refractivity contribution in [3.05, 3.63) is 123 Å². The number of aromatic nitrogens is 1. The van der Waals surface area contributed by atoms with Crippen LogP contribution in [0.15, 0.2) is 97.3 Å². The Labute approximate surface area is 239 Å². The number of hydrogen-bond acceptors (Lipinski definition) is 4. The van der Waals surface area contributed by atoms with Crippen LogP contribution in [0.2, 0.25) is 0 Å². The quantitative estimate of drug-likeness (QED) is 0.196. The topological polar surface area (TPSA) is 72.5 Å². The van der Waals surface area contributed by atoms with Gasteiger partial charge in [0.2, 0.25) is 0 Å². The van der Waals surface area contributed by atoms with Crippen LogP contribution >= 0.6 is 22.6 Å². The van der Waals surface area contributed by atoms with Crippen LogP contribution < -0.4 is 5.32 Å². The van der Waals surface area contributed by atoms with Crippen LogP contribution in [0.25, 0.3) is 11.1 Å². The molecule has 0 aliphatic heterocycles. The number of pyridine rings is 1. The molecule has 0 aliphatic rings. The van der Waals surface area contributed by atoms with E-state index in [-0.39, 0.29) is 18.0 Å². The van der Waals surface area contributed by atoms with Crippen molar-refractivity contribution in [1.29, 1.82) is 10.5 Å². The van der Waals surface area contributed by atoms with E-state index in [0.717, 1.165) is 28.7 Å². The molecular formula is C33H31IN4. The van der Waals surface area contributed by atoms with Gasteiger partial charge in [0.05, 0.1) is 29.2 Å². The van der Waals surface area contributed by atoms with Crippen molar-refractivity contribution >= 4 is 22.6 Å². The second-order valence-electron chi connectivity index (χ2n) is 10.3. The lowest BCUT2D eigenvalue weighted by Crippen LogP contribution is -2.42. The molecule has 0 saturated carbocycles. The van der Waals surface area contributed by atoms with Gasteiger partial charge in [-0.2, -0.15) is 10.5 Å². The molecule has 4 nitrogen and oxygen atoms in total. The average Bonchev–Trinajstić information content (AvgIpc) is 2.96.